The van der Waals surface area contributed by atoms with Crippen LogP contribution in [-0.4, -0.2) is 21.4 Å². The first-order chi connectivity index (χ1) is 11.5. The van der Waals surface area contributed by atoms with Crippen LogP contribution in [0.2, 0.25) is 5.02 Å². The van der Waals surface area contributed by atoms with Gasteiger partial charge in [0.25, 0.3) is 5.91 Å². The number of hydrogen-bond donors (Lipinski definition) is 1. The fourth-order valence-electron chi connectivity index (χ4n) is 2.52. The molecule has 2 heterocycles. The van der Waals surface area contributed by atoms with Crippen molar-refractivity contribution in [1.82, 2.24) is 9.38 Å². The lowest BCUT2D eigenvalue weighted by Gasteiger charge is -2.14. The molecule has 124 valence electrons. The number of amides is 1. The highest BCUT2D eigenvalue weighted by Gasteiger charge is 2.18. The summed E-state index contributed by atoms with van der Waals surface area (Å²) in [7, 11) is 0. The molecule has 3 aromatic rings. The molecule has 1 aromatic carbocycles. The Morgan fingerprint density at radius 1 is 1.25 bits per heavy atom. The lowest BCUT2D eigenvalue weighted by molar-refractivity contribution is 0.102. The van der Waals surface area contributed by atoms with Crippen molar-refractivity contribution < 1.29 is 9.53 Å². The van der Waals surface area contributed by atoms with E-state index in [1.165, 1.54) is 0 Å². The highest BCUT2D eigenvalue weighted by atomic mass is 35.5. The second-order valence-corrected chi connectivity index (χ2v) is 6.17. The van der Waals surface area contributed by atoms with Crippen LogP contribution in [0.15, 0.2) is 42.6 Å². The number of halogens is 1. The number of aromatic nitrogens is 2. The molecule has 1 amide bonds. The Kier molecular flexibility index (Phi) is 4.44. The predicted molar refractivity (Wildman–Crippen MR) is 95.1 cm³/mol. The average molecular weight is 344 g/mol. The van der Waals surface area contributed by atoms with Gasteiger partial charge >= 0.3 is 0 Å². The van der Waals surface area contributed by atoms with E-state index >= 15 is 0 Å². The average Bonchev–Trinajstić information content (AvgIpc) is 2.84. The Balaban J connectivity index is 1.97. The summed E-state index contributed by atoms with van der Waals surface area (Å²) >= 11 is 6.05. The van der Waals surface area contributed by atoms with Crippen molar-refractivity contribution in [2.75, 3.05) is 5.32 Å². The van der Waals surface area contributed by atoms with Gasteiger partial charge in [-0.1, -0.05) is 23.7 Å². The van der Waals surface area contributed by atoms with Crippen LogP contribution in [0.5, 0.6) is 5.75 Å². The summed E-state index contributed by atoms with van der Waals surface area (Å²) in [6.07, 6.45) is 1.70. The minimum atomic E-state index is -0.262. The predicted octanol–water partition coefficient (Wildman–Crippen LogP) is 4.34. The number of nitrogens with one attached hydrogen (secondary N) is 1. The molecule has 5 nitrogen and oxygen atoms in total. The maximum atomic E-state index is 12.8. The third-order valence-corrected chi connectivity index (χ3v) is 3.69. The molecule has 0 saturated heterocycles. The molecule has 0 aliphatic rings. The molecule has 0 aliphatic heterocycles. The van der Waals surface area contributed by atoms with Gasteiger partial charge in [0, 0.05) is 6.20 Å². The SMILES string of the molecule is Cc1nc2ccc(Cl)cn2c1C(=O)Nc1ccccc1OC(C)C. The van der Waals surface area contributed by atoms with Gasteiger partial charge in [0.2, 0.25) is 0 Å². The van der Waals surface area contributed by atoms with Crippen LogP contribution in [0.3, 0.4) is 0 Å². The zero-order valence-corrected chi connectivity index (χ0v) is 14.5. The van der Waals surface area contributed by atoms with Gasteiger partial charge in [-0.15, -0.1) is 0 Å². The summed E-state index contributed by atoms with van der Waals surface area (Å²) in [5.74, 6) is 0.368. The molecule has 0 radical (unpaired) electrons. The molecule has 0 fully saturated rings. The van der Waals surface area contributed by atoms with Crippen molar-refractivity contribution in [2.24, 2.45) is 0 Å². The van der Waals surface area contributed by atoms with Gasteiger partial charge in [-0.3, -0.25) is 9.20 Å². The first-order valence-electron chi connectivity index (χ1n) is 7.67. The monoisotopic (exact) mass is 343 g/mol. The van der Waals surface area contributed by atoms with Crippen molar-refractivity contribution in [1.29, 1.82) is 0 Å². The number of nitrogens with zero attached hydrogens (tertiary/aromatic N) is 2. The molecule has 0 bridgehead atoms. The molecule has 0 aliphatic carbocycles. The number of carbonyl (C=O) groups excluding carboxylic acids is 1. The van der Waals surface area contributed by atoms with Crippen LogP contribution in [0.1, 0.15) is 30.0 Å². The maximum Gasteiger partial charge on any atom is 0.274 e. The second-order valence-electron chi connectivity index (χ2n) is 5.74. The van der Waals surface area contributed by atoms with E-state index in [1.807, 2.05) is 32.0 Å². The van der Waals surface area contributed by atoms with Gasteiger partial charge in [0.1, 0.15) is 17.1 Å². The van der Waals surface area contributed by atoms with E-state index in [0.717, 1.165) is 0 Å². The molecule has 1 N–H and O–H groups in total. The first-order valence-corrected chi connectivity index (χ1v) is 8.04. The number of fused-ring (bicyclic) bond motifs is 1. The number of pyridine rings is 1. The maximum absolute atomic E-state index is 12.8. The number of imidazole rings is 1. The first kappa shape index (κ1) is 16.3. The summed E-state index contributed by atoms with van der Waals surface area (Å²) in [6.45, 7) is 5.68. The molecule has 0 atom stereocenters. The number of anilines is 1. The smallest absolute Gasteiger partial charge is 0.274 e. The van der Waals surface area contributed by atoms with Crippen LogP contribution in [0.4, 0.5) is 5.69 Å². The van der Waals surface area contributed by atoms with Crippen molar-refractivity contribution in [3.63, 3.8) is 0 Å². The fraction of sp³-hybridized carbons (Fsp3) is 0.222. The quantitative estimate of drug-likeness (QED) is 0.766. The zero-order chi connectivity index (χ0) is 17.3. The van der Waals surface area contributed by atoms with Crippen LogP contribution in [0, 0.1) is 6.92 Å². The molecule has 24 heavy (non-hydrogen) atoms. The third-order valence-electron chi connectivity index (χ3n) is 3.47. The number of aryl methyl sites for hydroxylation is 1. The highest BCUT2D eigenvalue weighted by Crippen LogP contribution is 2.26. The van der Waals surface area contributed by atoms with Crippen LogP contribution in [-0.2, 0) is 0 Å². The second kappa shape index (κ2) is 6.53. The van der Waals surface area contributed by atoms with Gasteiger partial charge in [-0.05, 0) is 45.0 Å². The van der Waals surface area contributed by atoms with E-state index in [-0.39, 0.29) is 12.0 Å². The Bertz CT molecular complexity index is 902. The van der Waals surface area contributed by atoms with Gasteiger partial charge in [-0.2, -0.15) is 0 Å². The standard InChI is InChI=1S/C18H18ClN3O2/c1-11(2)24-15-7-5-4-6-14(15)21-18(23)17-12(3)20-16-9-8-13(19)10-22(16)17/h4-11H,1-3H3,(H,21,23). The summed E-state index contributed by atoms with van der Waals surface area (Å²) in [5, 5.41) is 3.44. The van der Waals surface area contributed by atoms with E-state index in [2.05, 4.69) is 10.3 Å². The van der Waals surface area contributed by atoms with E-state index in [9.17, 15) is 4.79 Å². The van der Waals surface area contributed by atoms with Crippen molar-refractivity contribution in [2.45, 2.75) is 26.9 Å². The normalized spacial score (nSPS) is 11.0. The van der Waals surface area contributed by atoms with Crippen LogP contribution in [0.25, 0.3) is 5.65 Å². The van der Waals surface area contributed by atoms with Crippen molar-refractivity contribution in [3.05, 3.63) is 59.0 Å². The van der Waals surface area contributed by atoms with Gasteiger partial charge in [0.15, 0.2) is 0 Å². The molecule has 6 heteroatoms. The third kappa shape index (κ3) is 3.21. The number of benzene rings is 1. The summed E-state index contributed by atoms with van der Waals surface area (Å²) in [4.78, 5) is 17.2. The van der Waals surface area contributed by atoms with E-state index in [0.29, 0.717) is 33.5 Å². The molecule has 0 saturated carbocycles. The minimum absolute atomic E-state index is 0.0133. The fourth-order valence-corrected chi connectivity index (χ4v) is 2.68. The van der Waals surface area contributed by atoms with E-state index < -0.39 is 0 Å². The summed E-state index contributed by atoms with van der Waals surface area (Å²) < 4.78 is 7.44. The van der Waals surface area contributed by atoms with Crippen LogP contribution < -0.4 is 10.1 Å². The van der Waals surface area contributed by atoms with Gasteiger partial charge in [0.05, 0.1) is 22.5 Å². The topological polar surface area (TPSA) is 55.6 Å². The highest BCUT2D eigenvalue weighted by molar-refractivity contribution is 6.30. The Hall–Kier alpha value is -2.53. The van der Waals surface area contributed by atoms with Crippen LogP contribution >= 0.6 is 11.6 Å². The van der Waals surface area contributed by atoms with Gasteiger partial charge < -0.3 is 10.1 Å². The number of para-hydroxylation sites is 2. The van der Waals surface area contributed by atoms with Gasteiger partial charge in [-0.25, -0.2) is 4.98 Å². The lowest BCUT2D eigenvalue weighted by Crippen LogP contribution is -2.17. The molecular weight excluding hydrogens is 326 g/mol. The van der Waals surface area contributed by atoms with Crippen molar-refractivity contribution >= 4 is 28.8 Å². The number of hydrogen-bond acceptors (Lipinski definition) is 3. The Labute approximate surface area is 145 Å². The lowest BCUT2D eigenvalue weighted by atomic mass is 10.2. The molecule has 2 aromatic heterocycles. The Morgan fingerprint density at radius 3 is 2.75 bits per heavy atom. The Morgan fingerprint density at radius 2 is 2.00 bits per heavy atom. The summed E-state index contributed by atoms with van der Waals surface area (Å²) in [5.41, 5.74) is 2.38. The number of rotatable bonds is 4. The van der Waals surface area contributed by atoms with E-state index in [1.54, 1.807) is 35.7 Å². The zero-order valence-electron chi connectivity index (χ0n) is 13.7. The number of carbonyl (C=O) groups is 1. The minimum Gasteiger partial charge on any atom is -0.489 e. The molecule has 0 unspecified atom stereocenters. The molecule has 0 spiro atoms. The molecular formula is C18H18ClN3O2. The van der Waals surface area contributed by atoms with Crippen molar-refractivity contribution in [3.8, 4) is 5.75 Å². The summed E-state index contributed by atoms with van der Waals surface area (Å²) in [6, 6.07) is 10.9. The largest absolute Gasteiger partial charge is 0.489 e. The molecule has 3 rings (SSSR count). The van der Waals surface area contributed by atoms with E-state index in [4.69, 9.17) is 16.3 Å². The number of ether oxygens (including phenoxy) is 1.